The van der Waals surface area contributed by atoms with E-state index < -0.39 is 27.6 Å². The second kappa shape index (κ2) is 6.40. The predicted molar refractivity (Wildman–Crippen MR) is 68.4 cm³/mol. The zero-order valence-corrected chi connectivity index (χ0v) is 11.7. The molecular formula is C11H16F3N3O2S. The summed E-state index contributed by atoms with van der Waals surface area (Å²) in [5, 5.41) is 0. The Morgan fingerprint density at radius 2 is 2.05 bits per heavy atom. The summed E-state index contributed by atoms with van der Waals surface area (Å²) in [6, 6.07) is 2.46. The van der Waals surface area contributed by atoms with Gasteiger partial charge in [-0.1, -0.05) is 13.3 Å². The summed E-state index contributed by atoms with van der Waals surface area (Å²) in [7, 11) is -4.31. The van der Waals surface area contributed by atoms with Crippen molar-refractivity contribution in [3.8, 4) is 0 Å². The highest BCUT2D eigenvalue weighted by Crippen LogP contribution is 2.25. The van der Waals surface area contributed by atoms with Gasteiger partial charge in [0.25, 0.3) is 0 Å². The summed E-state index contributed by atoms with van der Waals surface area (Å²) in [5.41, 5.74) is 5.44. The van der Waals surface area contributed by atoms with Crippen LogP contribution in [0.5, 0.6) is 0 Å². The van der Waals surface area contributed by atoms with Crippen molar-refractivity contribution in [2.24, 2.45) is 0 Å². The minimum Gasteiger partial charge on any atom is -0.383 e. The molecule has 0 aromatic carbocycles. The van der Waals surface area contributed by atoms with Crippen LogP contribution in [-0.2, 0) is 10.0 Å². The van der Waals surface area contributed by atoms with Crippen molar-refractivity contribution < 1.29 is 21.6 Å². The first-order chi connectivity index (χ1) is 9.18. The molecule has 0 amide bonds. The highest BCUT2D eigenvalue weighted by molar-refractivity contribution is 7.89. The first-order valence-corrected chi connectivity index (χ1v) is 7.40. The number of pyridine rings is 1. The third kappa shape index (κ3) is 4.34. The molecule has 0 spiro atoms. The second-order valence-electron chi connectivity index (χ2n) is 4.19. The van der Waals surface area contributed by atoms with Crippen LogP contribution < -0.4 is 5.73 Å². The van der Waals surface area contributed by atoms with Gasteiger partial charge in [-0.25, -0.2) is 13.4 Å². The van der Waals surface area contributed by atoms with Gasteiger partial charge in [-0.15, -0.1) is 0 Å². The number of hydrogen-bond acceptors (Lipinski definition) is 4. The molecule has 1 rings (SSSR count). The number of aromatic nitrogens is 1. The van der Waals surface area contributed by atoms with E-state index in [4.69, 9.17) is 5.73 Å². The van der Waals surface area contributed by atoms with Crippen molar-refractivity contribution in [3.63, 3.8) is 0 Å². The SMILES string of the molecule is CCCCN(CC(F)(F)F)S(=O)(=O)c1cccnc1N. The van der Waals surface area contributed by atoms with Crippen LogP contribution >= 0.6 is 0 Å². The highest BCUT2D eigenvalue weighted by Gasteiger charge is 2.37. The van der Waals surface area contributed by atoms with Gasteiger partial charge in [0.2, 0.25) is 10.0 Å². The average molecular weight is 311 g/mol. The largest absolute Gasteiger partial charge is 0.402 e. The Morgan fingerprint density at radius 3 is 2.55 bits per heavy atom. The molecule has 0 unspecified atom stereocenters. The summed E-state index contributed by atoms with van der Waals surface area (Å²) >= 11 is 0. The standard InChI is InChI=1S/C11H16F3N3O2S/c1-2-3-7-17(8-11(12,13)14)20(18,19)9-5-4-6-16-10(9)15/h4-6H,2-3,7-8H2,1H3,(H2,15,16). The Bertz CT molecular complexity index is 546. The van der Waals surface area contributed by atoms with Gasteiger partial charge >= 0.3 is 6.18 Å². The average Bonchev–Trinajstić information content (AvgIpc) is 2.33. The Hall–Kier alpha value is -1.35. The monoisotopic (exact) mass is 311 g/mol. The van der Waals surface area contributed by atoms with E-state index in [2.05, 4.69) is 4.98 Å². The molecule has 9 heteroatoms. The van der Waals surface area contributed by atoms with Crippen LogP contribution in [0, 0.1) is 0 Å². The van der Waals surface area contributed by atoms with Gasteiger partial charge in [-0.05, 0) is 18.6 Å². The summed E-state index contributed by atoms with van der Waals surface area (Å²) < 4.78 is 62.5. The molecule has 0 saturated carbocycles. The van der Waals surface area contributed by atoms with E-state index in [0.29, 0.717) is 17.1 Å². The molecule has 0 fully saturated rings. The number of halogens is 3. The van der Waals surface area contributed by atoms with Gasteiger partial charge in [0.1, 0.15) is 17.3 Å². The van der Waals surface area contributed by atoms with Crippen LogP contribution in [0.2, 0.25) is 0 Å². The number of anilines is 1. The van der Waals surface area contributed by atoms with Crippen LogP contribution in [0.4, 0.5) is 19.0 Å². The third-order valence-electron chi connectivity index (χ3n) is 2.53. The van der Waals surface area contributed by atoms with Gasteiger partial charge in [0, 0.05) is 12.7 Å². The number of sulfonamides is 1. The number of unbranched alkanes of at least 4 members (excludes halogenated alkanes) is 1. The van der Waals surface area contributed by atoms with Crippen molar-refractivity contribution in [2.45, 2.75) is 30.8 Å². The molecule has 5 nitrogen and oxygen atoms in total. The van der Waals surface area contributed by atoms with Crippen molar-refractivity contribution in [2.75, 3.05) is 18.8 Å². The number of nitrogen functional groups attached to an aromatic ring is 1. The minimum atomic E-state index is -4.61. The number of rotatable bonds is 6. The molecule has 0 bridgehead atoms. The molecule has 0 saturated heterocycles. The molecule has 0 radical (unpaired) electrons. The fraction of sp³-hybridized carbons (Fsp3) is 0.545. The lowest BCUT2D eigenvalue weighted by atomic mass is 10.3. The lowest BCUT2D eigenvalue weighted by Gasteiger charge is -2.23. The summed E-state index contributed by atoms with van der Waals surface area (Å²) in [6.45, 7) is 0.00711. The van der Waals surface area contributed by atoms with Crippen molar-refractivity contribution >= 4 is 15.8 Å². The molecular weight excluding hydrogens is 295 g/mol. The molecule has 2 N–H and O–H groups in total. The van der Waals surface area contributed by atoms with Crippen molar-refractivity contribution in [1.29, 1.82) is 0 Å². The van der Waals surface area contributed by atoms with E-state index in [1.807, 2.05) is 0 Å². The Morgan fingerprint density at radius 1 is 1.40 bits per heavy atom. The lowest BCUT2D eigenvalue weighted by Crippen LogP contribution is -2.39. The van der Waals surface area contributed by atoms with Gasteiger partial charge in [-0.3, -0.25) is 0 Å². The lowest BCUT2D eigenvalue weighted by molar-refractivity contribution is -0.136. The summed E-state index contributed by atoms with van der Waals surface area (Å²) in [4.78, 5) is 3.19. The fourth-order valence-electron chi connectivity index (χ4n) is 1.58. The molecule has 1 heterocycles. The topological polar surface area (TPSA) is 76.3 Å². The maximum atomic E-state index is 12.5. The Balaban J connectivity index is 3.14. The zero-order chi connectivity index (χ0) is 15.4. The van der Waals surface area contributed by atoms with Crippen LogP contribution in [-0.4, -0.2) is 37.0 Å². The first-order valence-electron chi connectivity index (χ1n) is 5.96. The Labute approximate surface area is 115 Å². The quantitative estimate of drug-likeness (QED) is 0.872. The zero-order valence-electron chi connectivity index (χ0n) is 10.9. The van der Waals surface area contributed by atoms with E-state index in [-0.39, 0.29) is 12.4 Å². The van der Waals surface area contributed by atoms with Gasteiger partial charge < -0.3 is 5.73 Å². The molecule has 0 aliphatic heterocycles. The maximum Gasteiger partial charge on any atom is 0.402 e. The van der Waals surface area contributed by atoms with Gasteiger partial charge in [0.05, 0.1) is 0 Å². The third-order valence-corrected chi connectivity index (χ3v) is 4.43. The minimum absolute atomic E-state index is 0.216. The van der Waals surface area contributed by atoms with Gasteiger partial charge in [0.15, 0.2) is 0 Å². The summed E-state index contributed by atoms with van der Waals surface area (Å²) in [6.07, 6.45) is -2.44. The van der Waals surface area contributed by atoms with Crippen LogP contribution in [0.25, 0.3) is 0 Å². The van der Waals surface area contributed by atoms with Crippen LogP contribution in [0.15, 0.2) is 23.2 Å². The van der Waals surface area contributed by atoms with E-state index in [1.54, 1.807) is 6.92 Å². The van der Waals surface area contributed by atoms with Gasteiger partial charge in [-0.2, -0.15) is 17.5 Å². The number of alkyl halides is 3. The smallest absolute Gasteiger partial charge is 0.383 e. The number of hydrogen-bond donors (Lipinski definition) is 1. The molecule has 20 heavy (non-hydrogen) atoms. The second-order valence-corrected chi connectivity index (χ2v) is 6.10. The van der Waals surface area contributed by atoms with Crippen LogP contribution in [0.3, 0.4) is 0 Å². The van der Waals surface area contributed by atoms with Crippen molar-refractivity contribution in [3.05, 3.63) is 18.3 Å². The molecule has 1 aromatic rings. The van der Waals surface area contributed by atoms with Crippen LogP contribution in [0.1, 0.15) is 19.8 Å². The van der Waals surface area contributed by atoms with Crippen molar-refractivity contribution in [1.82, 2.24) is 9.29 Å². The predicted octanol–water partition coefficient (Wildman–Crippen LogP) is 2.02. The number of nitrogens with two attached hydrogens (primary N) is 1. The van der Waals surface area contributed by atoms with E-state index in [0.717, 1.165) is 6.07 Å². The molecule has 0 aliphatic rings. The summed E-state index contributed by atoms with van der Waals surface area (Å²) in [5.74, 6) is -0.309. The molecule has 0 aliphatic carbocycles. The first kappa shape index (κ1) is 16.7. The van der Waals surface area contributed by atoms with E-state index >= 15 is 0 Å². The van der Waals surface area contributed by atoms with E-state index in [1.165, 1.54) is 12.3 Å². The maximum absolute atomic E-state index is 12.5. The molecule has 114 valence electrons. The highest BCUT2D eigenvalue weighted by atomic mass is 32.2. The normalized spacial score (nSPS) is 12.8. The number of nitrogens with zero attached hydrogens (tertiary/aromatic N) is 2. The Kier molecular flexibility index (Phi) is 5.35. The molecule has 0 atom stereocenters. The molecule has 1 aromatic heterocycles. The fourth-order valence-corrected chi connectivity index (χ4v) is 3.11. The van der Waals surface area contributed by atoms with E-state index in [9.17, 15) is 21.6 Å².